The van der Waals surface area contributed by atoms with E-state index in [4.69, 9.17) is 14.6 Å². The first-order valence-electron chi connectivity index (χ1n) is 11.0. The third kappa shape index (κ3) is 5.56. The highest BCUT2D eigenvalue weighted by Crippen LogP contribution is 2.44. The molecule has 1 aliphatic heterocycles. The molecule has 1 saturated heterocycles. The molecule has 0 spiro atoms. The Bertz CT molecular complexity index is 1080. The number of carboxylic acid groups (broad SMARTS) is 1. The molecule has 2 aliphatic rings. The quantitative estimate of drug-likeness (QED) is 0.547. The summed E-state index contributed by atoms with van der Waals surface area (Å²) in [6.07, 6.45) is -8.86. The van der Waals surface area contributed by atoms with E-state index in [0.29, 0.717) is 0 Å². The molecule has 2 aromatic rings. The summed E-state index contributed by atoms with van der Waals surface area (Å²) in [4.78, 5) is 36.2. The smallest absolute Gasteiger partial charge is 0.407 e. The molecule has 4 rings (SSSR count). The maximum Gasteiger partial charge on any atom is 0.407 e. The minimum absolute atomic E-state index is 0.0334. The van der Waals surface area contributed by atoms with Crippen LogP contribution >= 0.6 is 0 Å². The lowest BCUT2D eigenvalue weighted by Gasteiger charge is -2.23. The number of hydrogen-bond donors (Lipinski definition) is 3. The normalized spacial score (nSPS) is 20.0. The average molecular weight is 492 g/mol. The van der Waals surface area contributed by atoms with Crippen LogP contribution in [0.4, 0.5) is 18.0 Å². The van der Waals surface area contributed by atoms with Gasteiger partial charge in [0.2, 0.25) is 5.91 Å². The van der Waals surface area contributed by atoms with E-state index in [1.165, 1.54) is 0 Å². The van der Waals surface area contributed by atoms with Gasteiger partial charge in [-0.1, -0.05) is 48.5 Å². The number of alkyl carbamates (subject to hydrolysis) is 1. The second kappa shape index (κ2) is 9.95. The van der Waals surface area contributed by atoms with E-state index in [9.17, 15) is 27.6 Å². The molecule has 8 nitrogen and oxygen atoms in total. The van der Waals surface area contributed by atoms with Crippen molar-refractivity contribution in [2.75, 3.05) is 13.2 Å². The van der Waals surface area contributed by atoms with E-state index in [1.807, 2.05) is 53.8 Å². The van der Waals surface area contributed by atoms with Gasteiger partial charge in [-0.25, -0.2) is 9.59 Å². The first-order valence-corrected chi connectivity index (χ1v) is 11.0. The Balaban J connectivity index is 1.42. The largest absolute Gasteiger partial charge is 0.479 e. The number of carboxylic acids is 1. The summed E-state index contributed by atoms with van der Waals surface area (Å²) in [5, 5.41) is 13.4. The van der Waals surface area contributed by atoms with E-state index in [-0.39, 0.29) is 25.6 Å². The summed E-state index contributed by atoms with van der Waals surface area (Å²) in [6, 6.07) is 12.1. The van der Waals surface area contributed by atoms with Gasteiger partial charge in [-0.15, -0.1) is 0 Å². The third-order valence-corrected chi connectivity index (χ3v) is 6.05. The number of nitrogens with one attached hydrogen (secondary N) is 2. The Morgan fingerprint density at radius 1 is 1.06 bits per heavy atom. The monoisotopic (exact) mass is 492 g/mol. The zero-order valence-corrected chi connectivity index (χ0v) is 18.4. The molecule has 0 radical (unpaired) electrons. The van der Waals surface area contributed by atoms with Gasteiger partial charge in [0, 0.05) is 12.5 Å². The Morgan fingerprint density at radius 3 is 2.23 bits per heavy atom. The molecule has 1 heterocycles. The van der Waals surface area contributed by atoms with E-state index in [0.717, 1.165) is 22.3 Å². The van der Waals surface area contributed by atoms with Crippen molar-refractivity contribution >= 4 is 18.0 Å². The Labute approximate surface area is 198 Å². The van der Waals surface area contributed by atoms with Crippen LogP contribution in [0, 0.1) is 0 Å². The number of hydrogen-bond acceptors (Lipinski definition) is 5. The average Bonchev–Trinajstić information content (AvgIpc) is 3.39. The molecule has 3 N–H and O–H groups in total. The van der Waals surface area contributed by atoms with E-state index < -0.39 is 48.8 Å². The molecule has 0 bridgehead atoms. The van der Waals surface area contributed by atoms with Crippen LogP contribution in [0.5, 0.6) is 0 Å². The Kier molecular flexibility index (Phi) is 6.97. The molecule has 0 aromatic heterocycles. The highest BCUT2D eigenvalue weighted by atomic mass is 19.4. The van der Waals surface area contributed by atoms with Crippen LogP contribution in [0.1, 0.15) is 29.9 Å². The molecule has 1 aliphatic carbocycles. The van der Waals surface area contributed by atoms with Gasteiger partial charge in [-0.2, -0.15) is 13.2 Å². The van der Waals surface area contributed by atoms with Gasteiger partial charge in [-0.3, -0.25) is 4.79 Å². The molecule has 11 heteroatoms. The number of alkyl halides is 3. The predicted octanol–water partition coefficient (Wildman–Crippen LogP) is 3.20. The van der Waals surface area contributed by atoms with Crippen molar-refractivity contribution in [2.24, 2.45) is 0 Å². The lowest BCUT2D eigenvalue weighted by molar-refractivity contribution is -0.152. The second-order valence-corrected chi connectivity index (χ2v) is 8.38. The summed E-state index contributed by atoms with van der Waals surface area (Å²) >= 11 is 0. The Hall–Kier alpha value is -3.60. The van der Waals surface area contributed by atoms with Crippen LogP contribution in [0.25, 0.3) is 11.1 Å². The van der Waals surface area contributed by atoms with E-state index in [1.54, 1.807) is 0 Å². The van der Waals surface area contributed by atoms with Crippen molar-refractivity contribution in [1.82, 2.24) is 10.6 Å². The van der Waals surface area contributed by atoms with Crippen molar-refractivity contribution < 1.29 is 42.1 Å². The summed E-state index contributed by atoms with van der Waals surface area (Å²) in [5.74, 6) is -2.82. The number of carbonyl (C=O) groups is 3. The first kappa shape index (κ1) is 24.5. The van der Waals surface area contributed by atoms with Gasteiger partial charge in [0.25, 0.3) is 0 Å². The zero-order valence-electron chi connectivity index (χ0n) is 18.4. The molecule has 3 atom stereocenters. The standard InChI is InChI=1S/C24H23F3N2O6/c25-24(26,27)11-19(21(30)28-18-9-10-34-20(18)22(31)32)29-23(33)35-12-17-15-7-3-1-5-13(15)14-6-2-4-8-16(14)17/h1-8,17-20H,9-12H2,(H,28,30)(H,29,33)(H,31,32)/t18-,19?,20+/m0/s1. The van der Waals surface area contributed by atoms with Crippen molar-refractivity contribution in [3.05, 3.63) is 59.7 Å². The first-order chi connectivity index (χ1) is 16.6. The fourth-order valence-electron chi connectivity index (χ4n) is 4.49. The summed E-state index contributed by atoms with van der Waals surface area (Å²) in [5.41, 5.74) is 3.82. The zero-order chi connectivity index (χ0) is 25.2. The van der Waals surface area contributed by atoms with Crippen LogP contribution in [0.15, 0.2) is 48.5 Å². The van der Waals surface area contributed by atoms with Gasteiger partial charge in [0.05, 0.1) is 12.5 Å². The van der Waals surface area contributed by atoms with Crippen LogP contribution in [-0.4, -0.2) is 60.7 Å². The van der Waals surface area contributed by atoms with E-state index >= 15 is 0 Å². The lowest BCUT2D eigenvalue weighted by atomic mass is 9.98. The summed E-state index contributed by atoms with van der Waals surface area (Å²) in [7, 11) is 0. The second-order valence-electron chi connectivity index (χ2n) is 8.38. The van der Waals surface area contributed by atoms with Crippen LogP contribution < -0.4 is 10.6 Å². The Morgan fingerprint density at radius 2 is 1.66 bits per heavy atom. The number of halogens is 3. The van der Waals surface area contributed by atoms with Gasteiger partial charge in [0.1, 0.15) is 12.6 Å². The van der Waals surface area contributed by atoms with Crippen molar-refractivity contribution in [1.29, 1.82) is 0 Å². The van der Waals surface area contributed by atoms with Crippen LogP contribution in [0.2, 0.25) is 0 Å². The molecule has 1 fully saturated rings. The molecule has 1 unspecified atom stereocenters. The van der Waals surface area contributed by atoms with Gasteiger partial charge in [0.15, 0.2) is 6.10 Å². The predicted molar refractivity (Wildman–Crippen MR) is 117 cm³/mol. The maximum absolute atomic E-state index is 13.1. The summed E-state index contributed by atoms with van der Waals surface area (Å²) < 4.78 is 49.6. The van der Waals surface area contributed by atoms with Crippen LogP contribution in [0.3, 0.4) is 0 Å². The van der Waals surface area contributed by atoms with Crippen LogP contribution in [-0.2, 0) is 19.1 Å². The highest BCUT2D eigenvalue weighted by molar-refractivity contribution is 5.87. The number of aliphatic carboxylic acids is 1. The molecule has 0 saturated carbocycles. The summed E-state index contributed by atoms with van der Waals surface area (Å²) in [6.45, 7) is -0.108. The highest BCUT2D eigenvalue weighted by Gasteiger charge is 2.40. The minimum atomic E-state index is -4.77. The SMILES string of the molecule is O=C(NC(CC(F)(F)F)C(=O)N[C@H]1CCO[C@H]1C(=O)O)OCC1c2ccccc2-c2ccccc21. The van der Waals surface area contributed by atoms with Gasteiger partial charge in [-0.05, 0) is 28.7 Å². The van der Waals surface area contributed by atoms with Crippen molar-refractivity contribution in [3.63, 3.8) is 0 Å². The van der Waals surface area contributed by atoms with Crippen molar-refractivity contribution in [3.8, 4) is 11.1 Å². The fourth-order valence-corrected chi connectivity index (χ4v) is 4.49. The topological polar surface area (TPSA) is 114 Å². The maximum atomic E-state index is 13.1. The molecule has 2 aromatic carbocycles. The minimum Gasteiger partial charge on any atom is -0.479 e. The number of benzene rings is 2. The van der Waals surface area contributed by atoms with Gasteiger partial charge < -0.3 is 25.2 Å². The lowest BCUT2D eigenvalue weighted by Crippen LogP contribution is -2.53. The van der Waals surface area contributed by atoms with E-state index in [2.05, 4.69) is 5.32 Å². The molecule has 2 amide bonds. The van der Waals surface area contributed by atoms with Gasteiger partial charge >= 0.3 is 18.2 Å². The molecular weight excluding hydrogens is 469 g/mol. The number of carbonyl (C=O) groups excluding carboxylic acids is 2. The number of rotatable bonds is 7. The molecular formula is C24H23F3N2O6. The van der Waals surface area contributed by atoms with Crippen molar-refractivity contribution in [2.45, 2.75) is 43.1 Å². The molecule has 186 valence electrons. The number of fused-ring (bicyclic) bond motifs is 3. The number of ether oxygens (including phenoxy) is 2. The third-order valence-electron chi connectivity index (χ3n) is 6.05. The number of amides is 2. The molecule has 35 heavy (non-hydrogen) atoms. The fraction of sp³-hybridized carbons (Fsp3) is 0.375.